The number of nitrogens with zero attached hydrogens (tertiary/aromatic N) is 9. The zero-order valence-electron chi connectivity index (χ0n) is 15.8. The normalized spacial score (nSPS) is 14.9. The Morgan fingerprint density at radius 2 is 1.89 bits per heavy atom. The van der Waals surface area contributed by atoms with Crippen LogP contribution in [0, 0.1) is 20.8 Å². The summed E-state index contributed by atoms with van der Waals surface area (Å²) < 4.78 is 3.90. The Hall–Kier alpha value is -3.23. The van der Waals surface area contributed by atoms with Crippen LogP contribution in [-0.4, -0.2) is 60.4 Å². The number of aromatic nitrogens is 7. The van der Waals surface area contributed by atoms with Crippen LogP contribution in [0.1, 0.15) is 17.2 Å². The Kier molecular flexibility index (Phi) is 3.33. The van der Waals surface area contributed by atoms with E-state index in [-0.39, 0.29) is 0 Å². The molecule has 0 aliphatic carbocycles. The van der Waals surface area contributed by atoms with Crippen LogP contribution >= 0.6 is 0 Å². The fourth-order valence-electron chi connectivity index (χ4n) is 3.66. The number of hydrogen-bond acceptors (Lipinski definition) is 7. The summed E-state index contributed by atoms with van der Waals surface area (Å²) in [6, 6.07) is 4.46. The van der Waals surface area contributed by atoms with Gasteiger partial charge in [-0.05, 0) is 20.8 Å². The quantitative estimate of drug-likeness (QED) is 0.544. The summed E-state index contributed by atoms with van der Waals surface area (Å²) in [6.45, 7) is 7.70. The molecule has 0 unspecified atom stereocenters. The molecule has 0 bridgehead atoms. The summed E-state index contributed by atoms with van der Waals surface area (Å²) in [5.74, 6) is 2.81. The smallest absolute Gasteiger partial charge is 0.203 e. The molecule has 0 N–H and O–H groups in total. The van der Waals surface area contributed by atoms with Crippen molar-refractivity contribution in [3.8, 4) is 0 Å². The molecule has 0 atom stereocenters. The highest BCUT2D eigenvalue weighted by molar-refractivity contribution is 5.66. The van der Waals surface area contributed by atoms with Crippen molar-refractivity contribution in [3.63, 3.8) is 0 Å². The molecule has 138 valence electrons. The first kappa shape index (κ1) is 16.0. The van der Waals surface area contributed by atoms with Crippen LogP contribution in [0.5, 0.6) is 0 Å². The van der Waals surface area contributed by atoms with Crippen LogP contribution in [0.15, 0.2) is 24.5 Å². The fourth-order valence-corrected chi connectivity index (χ4v) is 3.66. The lowest BCUT2D eigenvalue weighted by molar-refractivity contribution is 0.487. The standard InChI is InChI=1S/C18H21N9/c1-11-8-16(27-15(20-11)7-12(2)23-27)24(4)14-9-25(10-14)17-18-22-21-13(3)26(18)6-5-19-17/h5-8,14H,9-10H2,1-4H3. The van der Waals surface area contributed by atoms with Crippen molar-refractivity contribution < 1.29 is 0 Å². The average Bonchev–Trinajstić information content (AvgIpc) is 3.15. The molecule has 0 saturated carbocycles. The minimum atomic E-state index is 0.366. The lowest BCUT2D eigenvalue weighted by Gasteiger charge is -2.45. The third-order valence-corrected chi connectivity index (χ3v) is 5.21. The van der Waals surface area contributed by atoms with Crippen molar-refractivity contribution in [1.82, 2.24) is 34.2 Å². The van der Waals surface area contributed by atoms with Crippen molar-refractivity contribution in [2.75, 3.05) is 29.9 Å². The van der Waals surface area contributed by atoms with Crippen molar-refractivity contribution >= 4 is 22.9 Å². The van der Waals surface area contributed by atoms with Crippen LogP contribution < -0.4 is 9.80 Å². The third-order valence-electron chi connectivity index (χ3n) is 5.21. The Balaban J connectivity index is 1.42. The summed E-state index contributed by atoms with van der Waals surface area (Å²) in [6.07, 6.45) is 3.70. The van der Waals surface area contributed by atoms with E-state index in [1.807, 2.05) is 42.0 Å². The van der Waals surface area contributed by atoms with Gasteiger partial charge in [-0.1, -0.05) is 0 Å². The average molecular weight is 363 g/mol. The van der Waals surface area contributed by atoms with E-state index in [0.717, 1.165) is 53.2 Å². The number of rotatable bonds is 3. The van der Waals surface area contributed by atoms with Gasteiger partial charge >= 0.3 is 0 Å². The van der Waals surface area contributed by atoms with Gasteiger partial charge in [-0.25, -0.2) is 9.97 Å². The summed E-state index contributed by atoms with van der Waals surface area (Å²) in [5.41, 5.74) is 3.65. The lowest BCUT2D eigenvalue weighted by atomic mass is 10.1. The molecule has 1 saturated heterocycles. The van der Waals surface area contributed by atoms with Gasteiger partial charge in [-0.3, -0.25) is 4.40 Å². The maximum atomic E-state index is 4.60. The highest BCUT2D eigenvalue weighted by atomic mass is 15.4. The van der Waals surface area contributed by atoms with Gasteiger partial charge in [0.2, 0.25) is 5.65 Å². The van der Waals surface area contributed by atoms with Gasteiger partial charge < -0.3 is 9.80 Å². The molecule has 5 rings (SSSR count). The molecule has 0 aromatic carbocycles. The SMILES string of the molecule is Cc1cc(N(C)C2CN(c3nccn4c(C)nnc34)C2)n2nc(C)cc2n1. The maximum absolute atomic E-state index is 4.60. The summed E-state index contributed by atoms with van der Waals surface area (Å²) in [4.78, 5) is 13.6. The Morgan fingerprint density at radius 1 is 1.07 bits per heavy atom. The highest BCUT2D eigenvalue weighted by Crippen LogP contribution is 2.28. The molecule has 9 heteroatoms. The van der Waals surface area contributed by atoms with Gasteiger partial charge in [0.25, 0.3) is 0 Å². The van der Waals surface area contributed by atoms with Crippen molar-refractivity contribution in [2.24, 2.45) is 0 Å². The fraction of sp³-hybridized carbons (Fsp3) is 0.389. The van der Waals surface area contributed by atoms with Gasteiger partial charge in [-0.2, -0.15) is 9.61 Å². The third kappa shape index (κ3) is 2.42. The van der Waals surface area contributed by atoms with Crippen LogP contribution in [0.25, 0.3) is 11.3 Å². The highest BCUT2D eigenvalue weighted by Gasteiger charge is 2.34. The van der Waals surface area contributed by atoms with E-state index in [2.05, 4.69) is 48.2 Å². The Labute approximate surface area is 156 Å². The van der Waals surface area contributed by atoms with Crippen LogP contribution in [0.4, 0.5) is 11.6 Å². The van der Waals surface area contributed by atoms with Gasteiger partial charge in [0.05, 0.1) is 11.7 Å². The number of fused-ring (bicyclic) bond motifs is 2. The predicted molar refractivity (Wildman–Crippen MR) is 102 cm³/mol. The zero-order chi connectivity index (χ0) is 18.7. The topological polar surface area (TPSA) is 79.8 Å². The van der Waals surface area contributed by atoms with E-state index in [4.69, 9.17) is 0 Å². The maximum Gasteiger partial charge on any atom is 0.203 e. The number of likely N-dealkylation sites (N-methyl/N-ethyl adjacent to an activating group) is 1. The molecule has 5 heterocycles. The molecule has 27 heavy (non-hydrogen) atoms. The molecule has 1 aliphatic rings. The monoisotopic (exact) mass is 363 g/mol. The van der Waals surface area contributed by atoms with Gasteiger partial charge in [0.1, 0.15) is 11.6 Å². The number of aryl methyl sites for hydroxylation is 3. The zero-order valence-corrected chi connectivity index (χ0v) is 15.8. The number of anilines is 2. The van der Waals surface area contributed by atoms with Crippen molar-refractivity contribution in [2.45, 2.75) is 26.8 Å². The molecule has 4 aromatic rings. The first-order chi connectivity index (χ1) is 13.0. The van der Waals surface area contributed by atoms with E-state index in [1.54, 1.807) is 6.20 Å². The minimum absolute atomic E-state index is 0.366. The van der Waals surface area contributed by atoms with Crippen LogP contribution in [0.2, 0.25) is 0 Å². The first-order valence-corrected chi connectivity index (χ1v) is 8.99. The van der Waals surface area contributed by atoms with Gasteiger partial charge in [-0.15, -0.1) is 10.2 Å². The van der Waals surface area contributed by atoms with E-state index in [1.165, 1.54) is 0 Å². The summed E-state index contributed by atoms with van der Waals surface area (Å²) in [5, 5.41) is 13.0. The summed E-state index contributed by atoms with van der Waals surface area (Å²) in [7, 11) is 2.11. The molecule has 1 aliphatic heterocycles. The molecule has 4 aromatic heterocycles. The molecule has 0 spiro atoms. The second kappa shape index (κ2) is 5.63. The molecule has 0 amide bonds. The van der Waals surface area contributed by atoms with Crippen molar-refractivity contribution in [1.29, 1.82) is 0 Å². The predicted octanol–water partition coefficient (Wildman–Crippen LogP) is 1.42. The first-order valence-electron chi connectivity index (χ1n) is 8.99. The molecule has 1 fully saturated rings. The molecule has 0 radical (unpaired) electrons. The van der Waals surface area contributed by atoms with Gasteiger partial charge in [0.15, 0.2) is 11.5 Å². The number of hydrogen-bond donors (Lipinski definition) is 0. The molecular weight excluding hydrogens is 342 g/mol. The Morgan fingerprint density at radius 3 is 2.70 bits per heavy atom. The van der Waals surface area contributed by atoms with Crippen molar-refractivity contribution in [3.05, 3.63) is 41.7 Å². The second-order valence-corrected chi connectivity index (χ2v) is 7.17. The lowest BCUT2D eigenvalue weighted by Crippen LogP contribution is -2.59. The minimum Gasteiger partial charge on any atom is -0.353 e. The molecular formula is C18H21N9. The van der Waals surface area contributed by atoms with Crippen LogP contribution in [0.3, 0.4) is 0 Å². The van der Waals surface area contributed by atoms with E-state index in [9.17, 15) is 0 Å². The largest absolute Gasteiger partial charge is 0.353 e. The molecule has 9 nitrogen and oxygen atoms in total. The van der Waals surface area contributed by atoms with E-state index in [0.29, 0.717) is 6.04 Å². The van der Waals surface area contributed by atoms with E-state index >= 15 is 0 Å². The Bertz CT molecular complexity index is 1150. The second-order valence-electron chi connectivity index (χ2n) is 7.17. The van der Waals surface area contributed by atoms with Crippen LogP contribution in [-0.2, 0) is 0 Å². The van der Waals surface area contributed by atoms with E-state index < -0.39 is 0 Å². The van der Waals surface area contributed by atoms with Gasteiger partial charge in [0, 0.05) is 50.4 Å². The summed E-state index contributed by atoms with van der Waals surface area (Å²) >= 11 is 0.